The van der Waals surface area contributed by atoms with E-state index >= 15 is 0 Å². The Morgan fingerprint density at radius 1 is 0.947 bits per heavy atom. The molecule has 19 heavy (non-hydrogen) atoms. The van der Waals surface area contributed by atoms with Crippen LogP contribution in [0.25, 0.3) is 0 Å². The Morgan fingerprint density at radius 3 is 2.26 bits per heavy atom. The van der Waals surface area contributed by atoms with E-state index in [-0.39, 0.29) is 5.69 Å². The van der Waals surface area contributed by atoms with E-state index in [2.05, 4.69) is 5.11 Å². The normalized spacial score (nSPS) is 11.1. The number of benzene rings is 2. The van der Waals surface area contributed by atoms with E-state index in [0.717, 1.165) is 0 Å². The minimum absolute atomic E-state index is 0.251. The number of aldehydes is 2. The topological polar surface area (TPSA) is 72.6 Å². The average Bonchev–Trinajstić information content (AvgIpc) is 2.47. The Hall–Kier alpha value is -2.82. The number of hydrogen-bond acceptors (Lipinski definition) is 4. The SMILES string of the molecule is O=Cc1cccc(N=[N+]([O-])c2cccc(C=O)c2)c1. The fraction of sp³-hybridized carbons (Fsp3) is 0. The van der Waals surface area contributed by atoms with E-state index < -0.39 is 0 Å². The maximum absolute atomic E-state index is 11.8. The zero-order valence-electron chi connectivity index (χ0n) is 9.89. The molecule has 2 aromatic rings. The predicted octanol–water partition coefficient (Wildman–Crippen LogP) is 3.24. The molecule has 0 bridgehead atoms. The molecule has 0 N–H and O–H groups in total. The lowest BCUT2D eigenvalue weighted by molar-refractivity contribution is -0.435. The van der Waals surface area contributed by atoms with Gasteiger partial charge in [0, 0.05) is 28.4 Å². The second kappa shape index (κ2) is 5.68. The van der Waals surface area contributed by atoms with Crippen molar-refractivity contribution in [3.05, 3.63) is 64.9 Å². The zero-order valence-corrected chi connectivity index (χ0v) is 9.89. The summed E-state index contributed by atoms with van der Waals surface area (Å²) < 4.78 is 0. The molecule has 0 spiro atoms. The van der Waals surface area contributed by atoms with Crippen molar-refractivity contribution in [1.29, 1.82) is 0 Å². The van der Waals surface area contributed by atoms with Crippen molar-refractivity contribution in [1.82, 2.24) is 0 Å². The smallest absolute Gasteiger partial charge is 0.245 e. The quantitative estimate of drug-likeness (QED) is 0.364. The molecule has 0 radical (unpaired) electrons. The van der Waals surface area contributed by atoms with E-state index in [0.29, 0.717) is 34.2 Å². The van der Waals surface area contributed by atoms with Crippen LogP contribution >= 0.6 is 0 Å². The summed E-state index contributed by atoms with van der Waals surface area (Å²) in [5.41, 5.74) is 1.46. The first-order valence-corrected chi connectivity index (χ1v) is 5.52. The van der Waals surface area contributed by atoms with Crippen LogP contribution in [0.5, 0.6) is 0 Å². The molecular weight excluding hydrogens is 244 g/mol. The minimum Gasteiger partial charge on any atom is -0.594 e. The first kappa shape index (κ1) is 12.6. The van der Waals surface area contributed by atoms with Crippen LogP contribution in [0.3, 0.4) is 0 Å². The van der Waals surface area contributed by atoms with Gasteiger partial charge in [0.25, 0.3) is 0 Å². The molecule has 5 heteroatoms. The molecular formula is C14H10N2O3. The second-order valence-electron chi connectivity index (χ2n) is 3.80. The van der Waals surface area contributed by atoms with Gasteiger partial charge in [0.1, 0.15) is 18.3 Å². The van der Waals surface area contributed by atoms with E-state index in [1.54, 1.807) is 36.4 Å². The fourth-order valence-electron chi connectivity index (χ4n) is 1.54. The molecule has 0 aliphatic carbocycles. The number of hydrogen-bond donors (Lipinski definition) is 0. The van der Waals surface area contributed by atoms with Crippen molar-refractivity contribution >= 4 is 23.9 Å². The van der Waals surface area contributed by atoms with E-state index in [9.17, 15) is 14.8 Å². The molecule has 94 valence electrons. The van der Waals surface area contributed by atoms with Crippen molar-refractivity contribution in [2.75, 3.05) is 0 Å². The molecule has 2 aromatic carbocycles. The Morgan fingerprint density at radius 2 is 1.58 bits per heavy atom. The minimum atomic E-state index is 0.251. The number of rotatable bonds is 4. The number of nitrogens with zero attached hydrogens (tertiary/aromatic N) is 2. The van der Waals surface area contributed by atoms with Gasteiger partial charge in [-0.1, -0.05) is 29.1 Å². The summed E-state index contributed by atoms with van der Waals surface area (Å²) in [6.45, 7) is 0. The lowest BCUT2D eigenvalue weighted by Crippen LogP contribution is -1.92. The van der Waals surface area contributed by atoms with Gasteiger partial charge in [-0.3, -0.25) is 9.59 Å². The van der Waals surface area contributed by atoms with Gasteiger partial charge in [-0.25, -0.2) is 0 Å². The number of azo groups is 1. The van der Waals surface area contributed by atoms with Crippen molar-refractivity contribution in [2.24, 2.45) is 5.11 Å². The molecule has 0 aromatic heterocycles. The first-order chi connectivity index (χ1) is 9.22. The van der Waals surface area contributed by atoms with Crippen molar-refractivity contribution < 1.29 is 14.4 Å². The largest absolute Gasteiger partial charge is 0.594 e. The summed E-state index contributed by atoms with van der Waals surface area (Å²) in [7, 11) is 0. The van der Waals surface area contributed by atoms with Gasteiger partial charge in [-0.05, 0) is 12.1 Å². The van der Waals surface area contributed by atoms with Gasteiger partial charge in [0.2, 0.25) is 5.69 Å². The highest BCUT2D eigenvalue weighted by atomic mass is 16.5. The molecule has 0 atom stereocenters. The number of carbonyl (C=O) groups is 2. The van der Waals surface area contributed by atoms with Gasteiger partial charge < -0.3 is 5.21 Å². The van der Waals surface area contributed by atoms with Crippen molar-refractivity contribution in [2.45, 2.75) is 0 Å². The van der Waals surface area contributed by atoms with Crippen LogP contribution in [-0.4, -0.2) is 17.4 Å². The Balaban J connectivity index is 2.35. The fourth-order valence-corrected chi connectivity index (χ4v) is 1.54. The van der Waals surface area contributed by atoms with Gasteiger partial charge in [-0.15, -0.1) is 0 Å². The second-order valence-corrected chi connectivity index (χ2v) is 3.80. The third kappa shape index (κ3) is 3.10. The van der Waals surface area contributed by atoms with Crippen LogP contribution in [0, 0.1) is 5.21 Å². The highest BCUT2D eigenvalue weighted by molar-refractivity contribution is 5.76. The van der Waals surface area contributed by atoms with E-state index in [4.69, 9.17) is 0 Å². The summed E-state index contributed by atoms with van der Waals surface area (Å²) in [6, 6.07) is 12.5. The lowest BCUT2D eigenvalue weighted by Gasteiger charge is -2.00. The molecule has 0 unspecified atom stereocenters. The summed E-state index contributed by atoms with van der Waals surface area (Å²) in [5, 5.41) is 15.6. The van der Waals surface area contributed by atoms with Crippen molar-refractivity contribution in [3.8, 4) is 0 Å². The van der Waals surface area contributed by atoms with Gasteiger partial charge in [-0.2, -0.15) is 0 Å². The Kier molecular flexibility index (Phi) is 3.78. The average molecular weight is 254 g/mol. The first-order valence-electron chi connectivity index (χ1n) is 5.52. The maximum Gasteiger partial charge on any atom is 0.245 e. The van der Waals surface area contributed by atoms with Crippen LogP contribution in [0.15, 0.2) is 53.6 Å². The van der Waals surface area contributed by atoms with Crippen LogP contribution in [-0.2, 0) is 0 Å². The third-order valence-corrected chi connectivity index (χ3v) is 2.44. The van der Waals surface area contributed by atoms with Crippen LogP contribution in [0.1, 0.15) is 20.7 Å². The molecule has 0 heterocycles. The lowest BCUT2D eigenvalue weighted by atomic mass is 10.2. The molecule has 2 rings (SSSR count). The zero-order chi connectivity index (χ0) is 13.7. The summed E-state index contributed by atoms with van der Waals surface area (Å²) in [5.74, 6) is 0. The predicted molar refractivity (Wildman–Crippen MR) is 69.0 cm³/mol. The third-order valence-electron chi connectivity index (χ3n) is 2.44. The Bertz CT molecular complexity index is 651. The van der Waals surface area contributed by atoms with Crippen LogP contribution in [0.4, 0.5) is 11.4 Å². The van der Waals surface area contributed by atoms with Gasteiger partial charge >= 0.3 is 0 Å². The molecule has 0 amide bonds. The summed E-state index contributed by atoms with van der Waals surface area (Å²) in [4.78, 5) is 21.7. The highest BCUT2D eigenvalue weighted by Crippen LogP contribution is 2.18. The van der Waals surface area contributed by atoms with Crippen LogP contribution in [0.2, 0.25) is 0 Å². The molecule has 0 saturated heterocycles. The standard InChI is InChI=1S/C14H10N2O3/c17-9-11-3-1-5-13(7-11)15-16(19)14-6-2-4-12(8-14)10-18/h1-10H. The Labute approximate surface area is 109 Å². The molecule has 0 saturated carbocycles. The highest BCUT2D eigenvalue weighted by Gasteiger charge is 2.05. The van der Waals surface area contributed by atoms with E-state index in [1.807, 2.05) is 0 Å². The molecule has 0 fully saturated rings. The van der Waals surface area contributed by atoms with Crippen molar-refractivity contribution in [3.63, 3.8) is 0 Å². The van der Waals surface area contributed by atoms with Crippen LogP contribution < -0.4 is 0 Å². The number of carbonyl (C=O) groups excluding carboxylic acids is 2. The van der Waals surface area contributed by atoms with Gasteiger partial charge in [0.15, 0.2) is 0 Å². The molecule has 0 aliphatic heterocycles. The summed E-state index contributed by atoms with van der Waals surface area (Å²) in [6.07, 6.45) is 1.34. The van der Waals surface area contributed by atoms with Gasteiger partial charge in [0.05, 0.1) is 0 Å². The summed E-state index contributed by atoms with van der Waals surface area (Å²) >= 11 is 0. The molecule has 0 aliphatic rings. The monoisotopic (exact) mass is 254 g/mol. The molecule has 5 nitrogen and oxygen atoms in total. The van der Waals surface area contributed by atoms with E-state index in [1.165, 1.54) is 12.1 Å². The maximum atomic E-state index is 11.8.